The van der Waals surface area contributed by atoms with Gasteiger partial charge in [0, 0.05) is 0 Å². The first kappa shape index (κ1) is 14.1. The van der Waals surface area contributed by atoms with Gasteiger partial charge in [-0.15, -0.1) is 0 Å². The molecule has 1 fully saturated rings. The Bertz CT molecular complexity index is 663. The van der Waals surface area contributed by atoms with E-state index in [4.69, 9.17) is 0 Å². The highest BCUT2D eigenvalue weighted by Crippen LogP contribution is 2.44. The zero-order chi connectivity index (χ0) is 14.7. The summed E-state index contributed by atoms with van der Waals surface area (Å²) in [6, 6.07) is 16.6. The molecule has 21 heavy (non-hydrogen) atoms. The summed E-state index contributed by atoms with van der Waals surface area (Å²) in [5, 5.41) is 22.8. The Balaban J connectivity index is 1.97. The normalized spacial score (nSPS) is 19.6. The molecule has 0 bridgehead atoms. The molecule has 0 spiro atoms. The molecule has 0 aromatic heterocycles. The molecule has 0 heterocycles. The molecule has 0 aliphatic heterocycles. The number of rotatable bonds is 2. The van der Waals surface area contributed by atoms with E-state index in [1.54, 1.807) is 0 Å². The van der Waals surface area contributed by atoms with E-state index in [0.29, 0.717) is 0 Å². The van der Waals surface area contributed by atoms with Gasteiger partial charge in [0.1, 0.15) is 0 Å². The molecule has 2 aromatic carbocycles. The molecule has 1 N–H and O–H groups in total. The highest BCUT2D eigenvalue weighted by molar-refractivity contribution is 5.83. The van der Waals surface area contributed by atoms with Gasteiger partial charge in [-0.05, 0) is 35.2 Å². The fraction of sp³-hybridized carbons (Fsp3) is 0.421. The molecule has 2 nitrogen and oxygen atoms in total. The molecule has 0 radical (unpaired) electrons. The van der Waals surface area contributed by atoms with Crippen LogP contribution in [0, 0.1) is 16.7 Å². The molecule has 2 heteroatoms. The van der Waals surface area contributed by atoms with E-state index >= 15 is 0 Å². The Morgan fingerprint density at radius 3 is 2.29 bits per heavy atom. The number of aliphatic hydroxyl groups excluding tert-OH is 1. The molecule has 0 amide bonds. The van der Waals surface area contributed by atoms with Crippen LogP contribution in [0.5, 0.6) is 0 Å². The number of hydrogen-bond donors (Lipinski definition) is 1. The third-order valence-electron chi connectivity index (χ3n) is 4.83. The molecule has 1 aliphatic carbocycles. The van der Waals surface area contributed by atoms with E-state index in [-0.39, 0.29) is 0 Å². The van der Waals surface area contributed by atoms with Crippen LogP contribution in [0.1, 0.15) is 50.2 Å². The number of aliphatic hydroxyl groups is 1. The minimum Gasteiger partial charge on any atom is -0.387 e. The van der Waals surface area contributed by atoms with Crippen molar-refractivity contribution in [3.8, 4) is 6.07 Å². The molecule has 1 aliphatic rings. The minimum absolute atomic E-state index is 0.612. The number of hydrogen-bond acceptors (Lipinski definition) is 2. The van der Waals surface area contributed by atoms with Gasteiger partial charge in [0.2, 0.25) is 0 Å². The highest BCUT2D eigenvalue weighted by atomic mass is 16.3. The second kappa shape index (κ2) is 5.87. The van der Waals surface area contributed by atoms with Crippen LogP contribution in [0.25, 0.3) is 10.8 Å². The molecular formula is C19H21NO. The third-order valence-corrected chi connectivity index (χ3v) is 4.83. The van der Waals surface area contributed by atoms with Gasteiger partial charge in [0.25, 0.3) is 0 Å². The Morgan fingerprint density at radius 1 is 0.952 bits per heavy atom. The van der Waals surface area contributed by atoms with Crippen molar-refractivity contribution in [2.24, 2.45) is 5.41 Å². The lowest BCUT2D eigenvalue weighted by Gasteiger charge is -2.31. The van der Waals surface area contributed by atoms with Crippen molar-refractivity contribution in [3.05, 3.63) is 48.0 Å². The Kier molecular flexibility index (Phi) is 3.94. The zero-order valence-electron chi connectivity index (χ0n) is 12.3. The van der Waals surface area contributed by atoms with Crippen molar-refractivity contribution in [2.45, 2.75) is 44.6 Å². The summed E-state index contributed by atoms with van der Waals surface area (Å²) < 4.78 is 0. The van der Waals surface area contributed by atoms with Gasteiger partial charge in [-0.1, -0.05) is 62.1 Å². The van der Waals surface area contributed by atoms with E-state index in [2.05, 4.69) is 18.2 Å². The van der Waals surface area contributed by atoms with Crippen LogP contribution in [-0.2, 0) is 0 Å². The van der Waals surface area contributed by atoms with Crippen molar-refractivity contribution in [1.82, 2.24) is 0 Å². The van der Waals surface area contributed by atoms with Crippen LogP contribution in [0.2, 0.25) is 0 Å². The summed E-state index contributed by atoms with van der Waals surface area (Å²) in [6.07, 6.45) is 5.35. The van der Waals surface area contributed by atoms with Gasteiger partial charge < -0.3 is 5.11 Å². The van der Waals surface area contributed by atoms with E-state index in [1.807, 2.05) is 30.3 Å². The first-order valence-corrected chi connectivity index (χ1v) is 7.83. The second-order valence-electron chi connectivity index (χ2n) is 6.19. The first-order chi connectivity index (χ1) is 10.2. The van der Waals surface area contributed by atoms with Crippen molar-refractivity contribution >= 4 is 10.8 Å². The predicted molar refractivity (Wildman–Crippen MR) is 84.7 cm³/mol. The topological polar surface area (TPSA) is 44.0 Å². The molecule has 3 rings (SSSR count). The second-order valence-corrected chi connectivity index (χ2v) is 6.19. The van der Waals surface area contributed by atoms with E-state index in [1.165, 1.54) is 18.2 Å². The quantitative estimate of drug-likeness (QED) is 0.807. The molecule has 1 unspecified atom stereocenters. The minimum atomic E-state index is -0.690. The molecule has 2 aromatic rings. The summed E-state index contributed by atoms with van der Waals surface area (Å²) in [7, 11) is 0. The fourth-order valence-corrected chi connectivity index (χ4v) is 3.50. The maximum Gasteiger partial charge on any atom is 0.0976 e. The monoisotopic (exact) mass is 279 g/mol. The summed E-state index contributed by atoms with van der Waals surface area (Å²) in [4.78, 5) is 0. The maximum absolute atomic E-state index is 10.9. The van der Waals surface area contributed by atoms with Gasteiger partial charge in [0.05, 0.1) is 17.6 Å². The summed E-state index contributed by atoms with van der Waals surface area (Å²) in [5.41, 5.74) is 0.260. The Morgan fingerprint density at radius 2 is 1.62 bits per heavy atom. The number of fused-ring (bicyclic) bond motifs is 1. The maximum atomic E-state index is 10.9. The van der Waals surface area contributed by atoms with Crippen molar-refractivity contribution in [3.63, 3.8) is 0 Å². The standard InChI is InChI=1S/C19H21NO/c20-14-19(11-5-1-2-6-12-19)18(21)17-10-9-15-7-3-4-8-16(15)13-17/h3-4,7-10,13,18,21H,1-2,5-6,11-12H2. The van der Waals surface area contributed by atoms with Gasteiger partial charge in [-0.2, -0.15) is 5.26 Å². The average molecular weight is 279 g/mol. The van der Waals surface area contributed by atoms with E-state index < -0.39 is 11.5 Å². The Labute approximate surface area is 126 Å². The van der Waals surface area contributed by atoms with Crippen LogP contribution in [0.3, 0.4) is 0 Å². The van der Waals surface area contributed by atoms with E-state index in [0.717, 1.165) is 36.6 Å². The molecule has 108 valence electrons. The van der Waals surface area contributed by atoms with Gasteiger partial charge in [-0.25, -0.2) is 0 Å². The first-order valence-electron chi connectivity index (χ1n) is 7.83. The highest BCUT2D eigenvalue weighted by Gasteiger charge is 2.39. The molecular weight excluding hydrogens is 258 g/mol. The average Bonchev–Trinajstić information content (AvgIpc) is 2.80. The molecule has 0 saturated heterocycles. The van der Waals surface area contributed by atoms with Crippen molar-refractivity contribution in [1.29, 1.82) is 5.26 Å². The zero-order valence-corrected chi connectivity index (χ0v) is 12.3. The van der Waals surface area contributed by atoms with Gasteiger partial charge in [-0.3, -0.25) is 0 Å². The number of nitriles is 1. The van der Waals surface area contributed by atoms with Gasteiger partial charge >= 0.3 is 0 Å². The van der Waals surface area contributed by atoms with Crippen LogP contribution in [0.15, 0.2) is 42.5 Å². The summed E-state index contributed by atoms with van der Waals surface area (Å²) in [6.45, 7) is 0. The fourth-order valence-electron chi connectivity index (χ4n) is 3.50. The smallest absolute Gasteiger partial charge is 0.0976 e. The summed E-state index contributed by atoms with van der Waals surface area (Å²) in [5.74, 6) is 0. The molecule has 1 saturated carbocycles. The largest absolute Gasteiger partial charge is 0.387 e. The van der Waals surface area contributed by atoms with Crippen LogP contribution >= 0.6 is 0 Å². The summed E-state index contributed by atoms with van der Waals surface area (Å²) >= 11 is 0. The lowest BCUT2D eigenvalue weighted by molar-refractivity contribution is 0.0517. The van der Waals surface area contributed by atoms with Crippen LogP contribution in [0.4, 0.5) is 0 Å². The number of nitrogens with zero attached hydrogens (tertiary/aromatic N) is 1. The number of benzene rings is 2. The lowest BCUT2D eigenvalue weighted by atomic mass is 9.74. The predicted octanol–water partition coefficient (Wildman–Crippen LogP) is 4.74. The third kappa shape index (κ3) is 2.66. The SMILES string of the molecule is N#CC1(C(O)c2ccc3ccccc3c2)CCCCCC1. The van der Waals surface area contributed by atoms with Crippen molar-refractivity contribution in [2.75, 3.05) is 0 Å². The van der Waals surface area contributed by atoms with Crippen LogP contribution < -0.4 is 0 Å². The lowest BCUT2D eigenvalue weighted by Crippen LogP contribution is -2.27. The van der Waals surface area contributed by atoms with Crippen molar-refractivity contribution < 1.29 is 5.11 Å². The Hall–Kier alpha value is -1.85. The molecule has 1 atom stereocenters. The van der Waals surface area contributed by atoms with Crippen LogP contribution in [-0.4, -0.2) is 5.11 Å². The van der Waals surface area contributed by atoms with E-state index in [9.17, 15) is 10.4 Å². The van der Waals surface area contributed by atoms with Gasteiger partial charge in [0.15, 0.2) is 0 Å².